The molecule has 2 saturated heterocycles. The summed E-state index contributed by atoms with van der Waals surface area (Å²) < 4.78 is 29.3. The van der Waals surface area contributed by atoms with E-state index in [0.717, 1.165) is 5.57 Å². The van der Waals surface area contributed by atoms with E-state index in [0.29, 0.717) is 19.3 Å². The van der Waals surface area contributed by atoms with Crippen LogP contribution in [0.1, 0.15) is 72.6 Å². The Labute approximate surface area is 257 Å². The molecule has 4 aliphatic carbocycles. The molecule has 0 bridgehead atoms. The number of carbonyl (C=O) groups is 1. The molecule has 0 aromatic carbocycles. The van der Waals surface area contributed by atoms with Crippen LogP contribution in [0.2, 0.25) is 0 Å². The van der Waals surface area contributed by atoms with Gasteiger partial charge in [-0.3, -0.25) is 0 Å². The minimum atomic E-state index is -1.62. The molecule has 44 heavy (non-hydrogen) atoms. The predicted molar refractivity (Wildman–Crippen MR) is 150 cm³/mol. The lowest BCUT2D eigenvalue weighted by Gasteiger charge is -2.68. The van der Waals surface area contributed by atoms with E-state index in [1.165, 1.54) is 6.08 Å². The SMILES string of the molecule is CC1O[C@H](O[C@H]2C[C@@H](O)[C@]3(CO)C4C(CC[C@]3(O)C2)[C@@]2(O)CC[C@H](C3=CC(=O)OC3)[C@@]2(C)C[C@H]4O)C(O)C2OC(C)(C)O[C@H]12. The first-order valence-corrected chi connectivity index (χ1v) is 16.2. The topological polar surface area (TPSA) is 185 Å². The zero-order valence-corrected chi connectivity index (χ0v) is 25.9. The number of aliphatic hydroxyl groups is 6. The summed E-state index contributed by atoms with van der Waals surface area (Å²) in [6.07, 6.45) is -3.49. The zero-order chi connectivity index (χ0) is 31.6. The smallest absolute Gasteiger partial charge is 0.331 e. The Morgan fingerprint density at radius 2 is 1.75 bits per heavy atom. The molecule has 0 aromatic heterocycles. The van der Waals surface area contributed by atoms with Gasteiger partial charge < -0.3 is 54.3 Å². The van der Waals surface area contributed by atoms with E-state index >= 15 is 0 Å². The number of aliphatic hydroxyl groups excluding tert-OH is 4. The number of fused-ring (bicyclic) bond motifs is 6. The Hall–Kier alpha value is -1.19. The number of hydrogen-bond donors (Lipinski definition) is 6. The molecule has 3 aliphatic heterocycles. The average Bonchev–Trinajstić information content (AvgIpc) is 3.59. The monoisotopic (exact) mass is 624 g/mol. The van der Waals surface area contributed by atoms with Gasteiger partial charge in [0.1, 0.15) is 24.9 Å². The van der Waals surface area contributed by atoms with Crippen LogP contribution in [-0.4, -0.2) is 116 Å². The normalized spacial score (nSPS) is 56.3. The van der Waals surface area contributed by atoms with Crippen molar-refractivity contribution in [3.05, 3.63) is 11.6 Å². The maximum absolute atomic E-state index is 12.5. The van der Waals surface area contributed by atoms with Gasteiger partial charge in [-0.2, -0.15) is 0 Å². The molecule has 0 aromatic rings. The maximum Gasteiger partial charge on any atom is 0.331 e. The van der Waals surface area contributed by atoms with E-state index in [1.54, 1.807) is 13.8 Å². The summed E-state index contributed by atoms with van der Waals surface area (Å²) in [5, 5.41) is 70.7. The largest absolute Gasteiger partial charge is 0.458 e. The number of esters is 1. The van der Waals surface area contributed by atoms with Crippen molar-refractivity contribution in [1.82, 2.24) is 0 Å². The molecule has 0 amide bonds. The van der Waals surface area contributed by atoms with Crippen molar-refractivity contribution in [3.8, 4) is 0 Å². The van der Waals surface area contributed by atoms with Gasteiger partial charge >= 0.3 is 5.97 Å². The molecular weight excluding hydrogens is 576 g/mol. The minimum absolute atomic E-state index is 0.0291. The highest BCUT2D eigenvalue weighted by molar-refractivity contribution is 5.85. The third kappa shape index (κ3) is 4.15. The first-order valence-electron chi connectivity index (χ1n) is 16.2. The molecule has 6 fully saturated rings. The number of carbonyl (C=O) groups excluding carboxylic acids is 1. The Morgan fingerprint density at radius 1 is 1.02 bits per heavy atom. The van der Waals surface area contributed by atoms with E-state index in [1.807, 2.05) is 13.8 Å². The number of cyclic esters (lactones) is 1. The Kier molecular flexibility index (Phi) is 7.25. The van der Waals surface area contributed by atoms with Crippen molar-refractivity contribution >= 4 is 5.97 Å². The molecule has 6 N–H and O–H groups in total. The van der Waals surface area contributed by atoms with Crippen LogP contribution >= 0.6 is 0 Å². The minimum Gasteiger partial charge on any atom is -0.458 e. The highest BCUT2D eigenvalue weighted by Gasteiger charge is 2.75. The second-order valence-electron chi connectivity index (χ2n) is 15.4. The molecule has 12 nitrogen and oxygen atoms in total. The molecule has 0 spiro atoms. The van der Waals surface area contributed by atoms with Crippen LogP contribution in [0.15, 0.2) is 11.6 Å². The standard InChI is InChI=1S/C32H48O12/c1-15-25-26(44-28(2,3)43-25)24(37)27(41-15)42-17-10-21(35)31(14-33)23-19(5-7-30(31,38)11-17)32(39)8-6-18(16-9-22(36)40-13-16)29(32,4)12-20(23)34/h9,15,17-21,23-27,33-35,37-39H,5-8,10-14H2,1-4H3/t15?,17-,18+,19?,20+,21+,23?,24?,25+,26?,27+,29+,30-,31+,32-/m0/s1. The van der Waals surface area contributed by atoms with Crippen LogP contribution in [0, 0.1) is 28.6 Å². The van der Waals surface area contributed by atoms with Crippen molar-refractivity contribution < 1.29 is 59.1 Å². The van der Waals surface area contributed by atoms with Crippen LogP contribution < -0.4 is 0 Å². The van der Waals surface area contributed by atoms with Crippen LogP contribution in [0.5, 0.6) is 0 Å². The van der Waals surface area contributed by atoms with Crippen LogP contribution in [-0.2, 0) is 28.5 Å². The molecule has 12 heteroatoms. The number of ether oxygens (including phenoxy) is 5. The van der Waals surface area contributed by atoms with Crippen molar-refractivity contribution in [1.29, 1.82) is 0 Å². The van der Waals surface area contributed by atoms with Gasteiger partial charge in [0.2, 0.25) is 0 Å². The predicted octanol–water partition coefficient (Wildman–Crippen LogP) is 0.283. The summed E-state index contributed by atoms with van der Waals surface area (Å²) in [6.45, 7) is 6.91. The lowest BCUT2D eigenvalue weighted by molar-refractivity contribution is -0.337. The van der Waals surface area contributed by atoms with Gasteiger partial charge in [0.15, 0.2) is 12.1 Å². The van der Waals surface area contributed by atoms with E-state index in [2.05, 4.69) is 0 Å². The summed E-state index contributed by atoms with van der Waals surface area (Å²) in [7, 11) is 0. The molecule has 4 saturated carbocycles. The van der Waals surface area contributed by atoms with Gasteiger partial charge in [-0.15, -0.1) is 0 Å². The lowest BCUT2D eigenvalue weighted by Crippen LogP contribution is -2.76. The Morgan fingerprint density at radius 3 is 2.43 bits per heavy atom. The van der Waals surface area contributed by atoms with E-state index in [9.17, 15) is 35.4 Å². The third-order valence-corrected chi connectivity index (χ3v) is 13.0. The molecule has 15 atom stereocenters. The van der Waals surface area contributed by atoms with Gasteiger partial charge in [0.25, 0.3) is 0 Å². The first-order chi connectivity index (χ1) is 20.6. The van der Waals surface area contributed by atoms with E-state index in [-0.39, 0.29) is 38.2 Å². The molecule has 248 valence electrons. The van der Waals surface area contributed by atoms with Crippen molar-refractivity contribution in [3.63, 3.8) is 0 Å². The summed E-state index contributed by atoms with van der Waals surface area (Å²) in [4.78, 5) is 11.9. The van der Waals surface area contributed by atoms with Crippen LogP contribution in [0.3, 0.4) is 0 Å². The van der Waals surface area contributed by atoms with Gasteiger partial charge in [-0.25, -0.2) is 4.79 Å². The van der Waals surface area contributed by atoms with Gasteiger partial charge in [-0.05, 0) is 70.3 Å². The quantitative estimate of drug-likeness (QED) is 0.186. The molecule has 7 aliphatic rings. The zero-order valence-electron chi connectivity index (χ0n) is 25.9. The molecular formula is C32H48O12. The average molecular weight is 625 g/mol. The van der Waals surface area contributed by atoms with Crippen molar-refractivity contribution in [2.75, 3.05) is 13.2 Å². The molecule has 0 radical (unpaired) electrons. The number of rotatable bonds is 4. The third-order valence-electron chi connectivity index (χ3n) is 13.0. The Bertz CT molecular complexity index is 1210. The fourth-order valence-corrected chi connectivity index (χ4v) is 11.0. The van der Waals surface area contributed by atoms with Gasteiger partial charge in [0.05, 0.1) is 47.6 Å². The van der Waals surface area contributed by atoms with Gasteiger partial charge in [-0.1, -0.05) is 6.92 Å². The molecule has 7 rings (SSSR count). The second kappa shape index (κ2) is 10.2. The van der Waals surface area contributed by atoms with Crippen molar-refractivity contribution in [2.24, 2.45) is 28.6 Å². The summed E-state index contributed by atoms with van der Waals surface area (Å²) in [6, 6.07) is 0. The molecule has 3 heterocycles. The second-order valence-corrected chi connectivity index (χ2v) is 15.4. The fraction of sp³-hybridized carbons (Fsp3) is 0.906. The molecule has 5 unspecified atom stereocenters. The Balaban J connectivity index is 1.14. The van der Waals surface area contributed by atoms with E-state index in [4.69, 9.17) is 23.7 Å². The number of hydrogen-bond acceptors (Lipinski definition) is 12. The highest BCUT2D eigenvalue weighted by Crippen LogP contribution is 2.70. The lowest BCUT2D eigenvalue weighted by atomic mass is 9.40. The summed E-state index contributed by atoms with van der Waals surface area (Å²) in [5.41, 5.74) is -4.30. The van der Waals surface area contributed by atoms with E-state index < -0.39 is 101 Å². The fourth-order valence-electron chi connectivity index (χ4n) is 11.0. The maximum atomic E-state index is 12.5. The summed E-state index contributed by atoms with van der Waals surface area (Å²) >= 11 is 0. The van der Waals surface area contributed by atoms with Gasteiger partial charge in [0, 0.05) is 30.3 Å². The van der Waals surface area contributed by atoms with Crippen LogP contribution in [0.4, 0.5) is 0 Å². The highest BCUT2D eigenvalue weighted by atomic mass is 16.8. The first kappa shape index (κ1) is 31.4. The van der Waals surface area contributed by atoms with Crippen LogP contribution in [0.25, 0.3) is 0 Å². The van der Waals surface area contributed by atoms with Crippen molar-refractivity contribution in [2.45, 2.75) is 139 Å². The summed E-state index contributed by atoms with van der Waals surface area (Å²) in [5.74, 6) is -2.72.